The zero-order valence-electron chi connectivity index (χ0n) is 32.9. The summed E-state index contributed by atoms with van der Waals surface area (Å²) in [5.74, 6) is 0.547. The summed E-state index contributed by atoms with van der Waals surface area (Å²) in [4.78, 5) is 9.84. The maximum atomic E-state index is 6.80. The zero-order valence-corrected chi connectivity index (χ0v) is 32.9. The summed E-state index contributed by atoms with van der Waals surface area (Å²) in [7, 11) is 0. The largest absolute Gasteiger partial charge is 0.454 e. The molecule has 0 saturated carbocycles. The van der Waals surface area contributed by atoms with E-state index in [2.05, 4.69) is 184 Å². The van der Waals surface area contributed by atoms with Gasteiger partial charge < -0.3 is 23.2 Å². The van der Waals surface area contributed by atoms with Crippen molar-refractivity contribution in [3.05, 3.63) is 218 Å². The first-order chi connectivity index (χ1) is 30.3. The second-order valence-electron chi connectivity index (χ2n) is 15.2. The molecule has 0 N–H and O–H groups in total. The van der Waals surface area contributed by atoms with Gasteiger partial charge in [-0.05, 0) is 91.0 Å². The molecule has 0 aliphatic carbocycles. The number of fused-ring (bicyclic) bond motifs is 7. The highest BCUT2D eigenvalue weighted by molar-refractivity contribution is 6.13. The van der Waals surface area contributed by atoms with Gasteiger partial charge in [-0.2, -0.15) is 0 Å². The van der Waals surface area contributed by atoms with Crippen molar-refractivity contribution in [1.29, 1.82) is 0 Å². The van der Waals surface area contributed by atoms with Gasteiger partial charge in [0.1, 0.15) is 11.1 Å². The molecule has 0 fully saturated rings. The monoisotopic (exact) mass is 784 g/mol. The Balaban J connectivity index is 1.14. The van der Waals surface area contributed by atoms with Gasteiger partial charge in [0.25, 0.3) is 0 Å². The first-order valence-corrected chi connectivity index (χ1v) is 20.5. The number of rotatable bonds is 8. The van der Waals surface area contributed by atoms with Crippen LogP contribution in [0.25, 0.3) is 72.0 Å². The Morgan fingerprint density at radius 2 is 1.00 bits per heavy atom. The summed E-state index contributed by atoms with van der Waals surface area (Å²) < 4.78 is 15.9. The molecular formula is C55H36N4O2. The minimum absolute atomic E-state index is 0.547. The number of hydrogen-bond donors (Lipinski definition) is 0. The molecule has 0 atom stereocenters. The first kappa shape index (κ1) is 34.7. The SMILES string of the molecule is c1ccc(-c2nc3c(N(c4ccccc4)c4cccc5c4oc4ccccc45)cc(N(c4ccccc4)c4ccc5c(c4)c4ccccc4n5-c4ccccc4)cc3o2)cc1. The van der Waals surface area contributed by atoms with E-state index < -0.39 is 0 Å². The maximum Gasteiger partial charge on any atom is 0.227 e. The molecule has 12 aromatic rings. The molecule has 0 spiro atoms. The number of anilines is 6. The molecule has 0 radical (unpaired) electrons. The van der Waals surface area contributed by atoms with Gasteiger partial charge in [-0.25, -0.2) is 4.98 Å². The Kier molecular flexibility index (Phi) is 8.06. The summed E-state index contributed by atoms with van der Waals surface area (Å²) in [6, 6.07) is 76.0. The van der Waals surface area contributed by atoms with Crippen LogP contribution in [0.2, 0.25) is 0 Å². The molecule has 12 rings (SSSR count). The van der Waals surface area contributed by atoms with E-state index in [-0.39, 0.29) is 0 Å². The Labute approximate surface area is 351 Å². The van der Waals surface area contributed by atoms with Crippen LogP contribution < -0.4 is 9.80 Å². The molecule has 0 aliphatic heterocycles. The van der Waals surface area contributed by atoms with Crippen molar-refractivity contribution in [2.45, 2.75) is 0 Å². The number of nitrogens with zero attached hydrogens (tertiary/aromatic N) is 4. The number of aromatic nitrogens is 2. The molecule has 0 aliphatic rings. The van der Waals surface area contributed by atoms with Crippen LogP contribution in [0.4, 0.5) is 34.1 Å². The molecule has 6 heteroatoms. The molecular weight excluding hydrogens is 749 g/mol. The van der Waals surface area contributed by atoms with Crippen LogP contribution in [0.3, 0.4) is 0 Å². The van der Waals surface area contributed by atoms with Crippen molar-refractivity contribution >= 4 is 89.0 Å². The lowest BCUT2D eigenvalue weighted by atomic mass is 10.1. The first-order valence-electron chi connectivity index (χ1n) is 20.5. The lowest BCUT2D eigenvalue weighted by Crippen LogP contribution is -2.14. The summed E-state index contributed by atoms with van der Waals surface area (Å²) in [5.41, 5.74) is 13.0. The topological polar surface area (TPSA) is 50.6 Å². The van der Waals surface area contributed by atoms with Crippen molar-refractivity contribution in [2.24, 2.45) is 0 Å². The quantitative estimate of drug-likeness (QED) is 0.154. The Morgan fingerprint density at radius 1 is 0.377 bits per heavy atom. The molecule has 61 heavy (non-hydrogen) atoms. The second-order valence-corrected chi connectivity index (χ2v) is 15.2. The fourth-order valence-corrected chi connectivity index (χ4v) is 8.87. The fourth-order valence-electron chi connectivity index (χ4n) is 8.87. The van der Waals surface area contributed by atoms with Crippen LogP contribution in [0.5, 0.6) is 0 Å². The molecule has 0 unspecified atom stereocenters. The molecule has 0 saturated heterocycles. The standard InChI is InChI=1S/C55H36N4O2/c1-5-18-37(19-6-1)55-56-53-50(59(40-24-11-4-12-25-40)49-30-17-28-45-44-27-14-16-31-51(44)60-54(45)49)35-42(36-52(53)61-55)57(38-20-7-2-8-21-38)41-32-33-48-46(34-41)43-26-13-15-29-47(43)58(48)39-22-9-3-10-23-39/h1-36H. The average Bonchev–Trinajstić information content (AvgIpc) is 4.03. The second kappa shape index (κ2) is 14.2. The summed E-state index contributed by atoms with van der Waals surface area (Å²) in [6.45, 7) is 0. The molecule has 288 valence electrons. The van der Waals surface area contributed by atoms with E-state index >= 15 is 0 Å². The van der Waals surface area contributed by atoms with Crippen LogP contribution in [-0.4, -0.2) is 9.55 Å². The number of benzene rings is 9. The van der Waals surface area contributed by atoms with E-state index in [0.29, 0.717) is 11.5 Å². The molecule has 3 aromatic heterocycles. The summed E-state index contributed by atoms with van der Waals surface area (Å²) in [6.07, 6.45) is 0. The van der Waals surface area contributed by atoms with Crippen molar-refractivity contribution in [3.63, 3.8) is 0 Å². The third kappa shape index (κ3) is 5.76. The minimum Gasteiger partial charge on any atom is -0.454 e. The number of oxazole rings is 1. The lowest BCUT2D eigenvalue weighted by molar-refractivity contribution is 0.620. The highest BCUT2D eigenvalue weighted by Gasteiger charge is 2.26. The maximum absolute atomic E-state index is 6.80. The van der Waals surface area contributed by atoms with Gasteiger partial charge in [0.2, 0.25) is 5.89 Å². The number of hydrogen-bond acceptors (Lipinski definition) is 5. The van der Waals surface area contributed by atoms with Crippen molar-refractivity contribution in [2.75, 3.05) is 9.80 Å². The predicted octanol–water partition coefficient (Wildman–Crippen LogP) is 15.4. The van der Waals surface area contributed by atoms with Crippen molar-refractivity contribution < 1.29 is 8.83 Å². The van der Waals surface area contributed by atoms with Crippen LogP contribution in [0.15, 0.2) is 227 Å². The Morgan fingerprint density at radius 3 is 1.77 bits per heavy atom. The third-order valence-electron chi connectivity index (χ3n) is 11.6. The van der Waals surface area contributed by atoms with Crippen LogP contribution >= 0.6 is 0 Å². The summed E-state index contributed by atoms with van der Waals surface area (Å²) in [5, 5.41) is 4.45. The molecule has 6 nitrogen and oxygen atoms in total. The minimum atomic E-state index is 0.547. The van der Waals surface area contributed by atoms with E-state index in [1.165, 1.54) is 5.39 Å². The van der Waals surface area contributed by atoms with E-state index in [4.69, 9.17) is 13.8 Å². The molecule has 9 aromatic carbocycles. The van der Waals surface area contributed by atoms with E-state index in [1.54, 1.807) is 0 Å². The van der Waals surface area contributed by atoms with Crippen molar-refractivity contribution in [1.82, 2.24) is 9.55 Å². The molecule has 0 bridgehead atoms. The van der Waals surface area contributed by atoms with E-state index in [9.17, 15) is 0 Å². The highest BCUT2D eigenvalue weighted by atomic mass is 16.3. The number of furan rings is 1. The summed E-state index contributed by atoms with van der Waals surface area (Å²) >= 11 is 0. The average molecular weight is 785 g/mol. The predicted molar refractivity (Wildman–Crippen MR) is 250 cm³/mol. The fraction of sp³-hybridized carbons (Fsp3) is 0. The third-order valence-corrected chi connectivity index (χ3v) is 11.6. The van der Waals surface area contributed by atoms with Gasteiger partial charge >= 0.3 is 0 Å². The van der Waals surface area contributed by atoms with Crippen LogP contribution in [0.1, 0.15) is 0 Å². The smallest absolute Gasteiger partial charge is 0.227 e. The van der Waals surface area contributed by atoms with Gasteiger partial charge in [0.05, 0.1) is 28.1 Å². The van der Waals surface area contributed by atoms with Gasteiger partial charge in [0, 0.05) is 55.9 Å². The Bertz CT molecular complexity index is 3540. The zero-order chi connectivity index (χ0) is 40.3. The normalized spacial score (nSPS) is 11.6. The van der Waals surface area contributed by atoms with Gasteiger partial charge in [0.15, 0.2) is 11.2 Å². The highest BCUT2D eigenvalue weighted by Crippen LogP contribution is 2.48. The van der Waals surface area contributed by atoms with Gasteiger partial charge in [-0.1, -0.05) is 121 Å². The van der Waals surface area contributed by atoms with Crippen LogP contribution in [-0.2, 0) is 0 Å². The van der Waals surface area contributed by atoms with Gasteiger partial charge in [-0.3, -0.25) is 0 Å². The lowest BCUT2D eigenvalue weighted by Gasteiger charge is -2.29. The van der Waals surface area contributed by atoms with Crippen molar-refractivity contribution in [3.8, 4) is 17.1 Å². The Hall–Kier alpha value is -8.35. The van der Waals surface area contributed by atoms with E-state index in [1.807, 2.05) is 48.5 Å². The van der Waals surface area contributed by atoms with Gasteiger partial charge in [-0.15, -0.1) is 0 Å². The molecule has 0 amide bonds. The molecule has 3 heterocycles. The number of para-hydroxylation sites is 6. The van der Waals surface area contributed by atoms with E-state index in [0.717, 1.165) is 89.2 Å². The van der Waals surface area contributed by atoms with Crippen LogP contribution in [0, 0.1) is 0 Å².